The van der Waals surface area contributed by atoms with E-state index in [0.717, 1.165) is 50.9 Å². The second-order valence-corrected chi connectivity index (χ2v) is 7.63. The van der Waals surface area contributed by atoms with Crippen LogP contribution in [0.3, 0.4) is 0 Å². The normalized spacial score (nSPS) is 22.6. The van der Waals surface area contributed by atoms with Crippen molar-refractivity contribution in [1.82, 2.24) is 15.6 Å². The molecule has 28 heavy (non-hydrogen) atoms. The Labute approximate surface area is 185 Å². The molecule has 0 bridgehead atoms. The zero-order valence-electron chi connectivity index (χ0n) is 16.8. The van der Waals surface area contributed by atoms with Gasteiger partial charge < -0.3 is 25.4 Å². The fourth-order valence-corrected chi connectivity index (χ4v) is 3.86. The second-order valence-electron chi connectivity index (χ2n) is 7.63. The summed E-state index contributed by atoms with van der Waals surface area (Å²) >= 11 is 0. The maximum absolute atomic E-state index is 9.36. The molecule has 1 unspecified atom stereocenters. The SMILES string of the molecule is CN=C(NCc1ccnc(N2CCCCC2)c1)NCC1(CCO)CCOC1.I. The van der Waals surface area contributed by atoms with Gasteiger partial charge in [0.1, 0.15) is 5.82 Å². The minimum atomic E-state index is 0. The number of ether oxygens (including phenoxy) is 1. The quantitative estimate of drug-likeness (QED) is 0.301. The van der Waals surface area contributed by atoms with E-state index in [1.165, 1.54) is 24.8 Å². The molecule has 2 aliphatic rings. The van der Waals surface area contributed by atoms with Crippen LogP contribution in [0.2, 0.25) is 0 Å². The number of guanidine groups is 1. The molecule has 3 heterocycles. The number of anilines is 1. The van der Waals surface area contributed by atoms with E-state index < -0.39 is 0 Å². The van der Waals surface area contributed by atoms with E-state index in [4.69, 9.17) is 4.74 Å². The predicted molar refractivity (Wildman–Crippen MR) is 123 cm³/mol. The summed E-state index contributed by atoms with van der Waals surface area (Å²) < 4.78 is 5.56. The molecule has 0 spiro atoms. The van der Waals surface area contributed by atoms with Crippen LogP contribution >= 0.6 is 24.0 Å². The van der Waals surface area contributed by atoms with Crippen LogP contribution in [-0.4, -0.2) is 62.6 Å². The Kier molecular flexibility index (Phi) is 9.73. The number of hydrogen-bond acceptors (Lipinski definition) is 5. The smallest absolute Gasteiger partial charge is 0.191 e. The summed E-state index contributed by atoms with van der Waals surface area (Å²) in [6.45, 7) is 5.30. The monoisotopic (exact) mass is 503 g/mol. The maximum atomic E-state index is 9.36. The number of aliphatic hydroxyl groups is 1. The lowest BCUT2D eigenvalue weighted by Gasteiger charge is -2.28. The van der Waals surface area contributed by atoms with E-state index in [1.807, 2.05) is 12.3 Å². The minimum absolute atomic E-state index is 0. The molecule has 1 aromatic heterocycles. The second kappa shape index (κ2) is 11.8. The number of halogens is 1. The third kappa shape index (κ3) is 6.45. The average Bonchev–Trinajstić information content (AvgIpc) is 3.18. The van der Waals surface area contributed by atoms with Crippen molar-refractivity contribution in [2.75, 3.05) is 51.4 Å². The molecule has 0 aliphatic carbocycles. The Morgan fingerprint density at radius 3 is 2.82 bits per heavy atom. The molecule has 8 heteroatoms. The molecule has 3 rings (SSSR count). The highest BCUT2D eigenvalue weighted by atomic mass is 127. The largest absolute Gasteiger partial charge is 0.396 e. The van der Waals surface area contributed by atoms with Crippen molar-refractivity contribution in [2.24, 2.45) is 10.4 Å². The summed E-state index contributed by atoms with van der Waals surface area (Å²) in [7, 11) is 1.78. The number of nitrogens with one attached hydrogen (secondary N) is 2. The molecular formula is C20H34IN5O2. The Morgan fingerprint density at radius 2 is 2.14 bits per heavy atom. The molecule has 2 saturated heterocycles. The Morgan fingerprint density at radius 1 is 1.32 bits per heavy atom. The number of hydrogen-bond donors (Lipinski definition) is 3. The van der Waals surface area contributed by atoms with E-state index in [2.05, 4.69) is 31.6 Å². The van der Waals surface area contributed by atoms with Crippen molar-refractivity contribution in [3.8, 4) is 0 Å². The van der Waals surface area contributed by atoms with Crippen molar-refractivity contribution >= 4 is 35.8 Å². The number of aliphatic hydroxyl groups excluding tert-OH is 1. The number of piperidine rings is 1. The first-order valence-electron chi connectivity index (χ1n) is 10.1. The lowest BCUT2D eigenvalue weighted by Crippen LogP contribution is -2.44. The zero-order valence-corrected chi connectivity index (χ0v) is 19.2. The van der Waals surface area contributed by atoms with Crippen LogP contribution in [0.1, 0.15) is 37.7 Å². The van der Waals surface area contributed by atoms with Crippen molar-refractivity contribution in [3.05, 3.63) is 23.9 Å². The topological polar surface area (TPSA) is 82.0 Å². The van der Waals surface area contributed by atoms with Gasteiger partial charge in [0.2, 0.25) is 0 Å². The first-order chi connectivity index (χ1) is 13.2. The number of rotatable bonds is 7. The van der Waals surface area contributed by atoms with Gasteiger partial charge in [-0.1, -0.05) is 0 Å². The fraction of sp³-hybridized carbons (Fsp3) is 0.700. The molecule has 2 fully saturated rings. The molecule has 0 saturated carbocycles. The molecule has 0 radical (unpaired) electrons. The van der Waals surface area contributed by atoms with Crippen molar-refractivity contribution in [3.63, 3.8) is 0 Å². The molecule has 0 amide bonds. The molecule has 7 nitrogen and oxygen atoms in total. The van der Waals surface area contributed by atoms with Gasteiger partial charge in [-0.15, -0.1) is 24.0 Å². The summed E-state index contributed by atoms with van der Waals surface area (Å²) in [5.41, 5.74) is 1.20. The van der Waals surface area contributed by atoms with E-state index >= 15 is 0 Å². The lowest BCUT2D eigenvalue weighted by atomic mass is 9.84. The van der Waals surface area contributed by atoms with Gasteiger partial charge >= 0.3 is 0 Å². The first kappa shape index (κ1) is 23.2. The fourth-order valence-electron chi connectivity index (χ4n) is 3.86. The van der Waals surface area contributed by atoms with E-state index in [0.29, 0.717) is 13.2 Å². The standard InChI is InChI=1S/C20H33N5O2.HI/c1-21-19(24-15-20(6-11-26)7-12-27-16-20)23-14-17-5-8-22-18(13-17)25-9-3-2-4-10-25;/h5,8,13,26H,2-4,6-7,9-12,14-16H2,1H3,(H2,21,23,24);1H. The number of aromatic nitrogens is 1. The van der Waals surface area contributed by atoms with Gasteiger partial charge in [-0.2, -0.15) is 0 Å². The van der Waals surface area contributed by atoms with Gasteiger partial charge in [-0.05, 0) is 49.8 Å². The molecule has 1 atom stereocenters. The van der Waals surface area contributed by atoms with Gasteiger partial charge in [0, 0.05) is 58.1 Å². The summed E-state index contributed by atoms with van der Waals surface area (Å²) in [5, 5.41) is 16.2. The van der Waals surface area contributed by atoms with Gasteiger partial charge in [0.25, 0.3) is 0 Å². The third-order valence-electron chi connectivity index (χ3n) is 5.63. The van der Waals surface area contributed by atoms with E-state index in [9.17, 15) is 5.11 Å². The zero-order chi connectivity index (χ0) is 19.0. The Balaban J connectivity index is 0.00000280. The molecule has 2 aliphatic heterocycles. The Bertz CT molecular complexity index is 616. The summed E-state index contributed by atoms with van der Waals surface area (Å²) in [5.74, 6) is 1.84. The van der Waals surface area contributed by atoms with Crippen LogP contribution in [0.15, 0.2) is 23.3 Å². The number of nitrogens with zero attached hydrogens (tertiary/aromatic N) is 3. The first-order valence-corrected chi connectivity index (χ1v) is 10.1. The molecular weight excluding hydrogens is 469 g/mol. The average molecular weight is 503 g/mol. The summed E-state index contributed by atoms with van der Waals surface area (Å²) in [6, 6.07) is 4.22. The van der Waals surface area contributed by atoms with Gasteiger partial charge in [0.15, 0.2) is 5.96 Å². The highest BCUT2D eigenvalue weighted by Crippen LogP contribution is 2.31. The van der Waals surface area contributed by atoms with Crippen LogP contribution in [0.4, 0.5) is 5.82 Å². The van der Waals surface area contributed by atoms with Crippen molar-refractivity contribution in [2.45, 2.75) is 38.6 Å². The summed E-state index contributed by atoms with van der Waals surface area (Å²) in [6.07, 6.45) is 7.44. The van der Waals surface area contributed by atoms with Crippen LogP contribution in [0.5, 0.6) is 0 Å². The minimum Gasteiger partial charge on any atom is -0.396 e. The van der Waals surface area contributed by atoms with Crippen molar-refractivity contribution in [1.29, 1.82) is 0 Å². The van der Waals surface area contributed by atoms with Gasteiger partial charge in [-0.25, -0.2) is 4.98 Å². The Hall–Kier alpha value is -1.13. The van der Waals surface area contributed by atoms with Gasteiger partial charge in [0.05, 0.1) is 6.61 Å². The number of aliphatic imine (C=N–C) groups is 1. The number of pyridine rings is 1. The maximum Gasteiger partial charge on any atom is 0.191 e. The molecule has 0 aromatic carbocycles. The van der Waals surface area contributed by atoms with E-state index in [1.54, 1.807) is 7.05 Å². The molecule has 3 N–H and O–H groups in total. The van der Waals surface area contributed by atoms with Crippen LogP contribution in [-0.2, 0) is 11.3 Å². The molecule has 1 aromatic rings. The highest BCUT2D eigenvalue weighted by molar-refractivity contribution is 14.0. The van der Waals surface area contributed by atoms with Crippen LogP contribution in [0, 0.1) is 5.41 Å². The predicted octanol–water partition coefficient (Wildman–Crippen LogP) is 2.14. The van der Waals surface area contributed by atoms with Crippen LogP contribution in [0.25, 0.3) is 0 Å². The van der Waals surface area contributed by atoms with Crippen LogP contribution < -0.4 is 15.5 Å². The van der Waals surface area contributed by atoms with Crippen molar-refractivity contribution < 1.29 is 9.84 Å². The molecule has 158 valence electrons. The third-order valence-corrected chi connectivity index (χ3v) is 5.63. The highest BCUT2D eigenvalue weighted by Gasteiger charge is 2.34. The summed E-state index contributed by atoms with van der Waals surface area (Å²) in [4.78, 5) is 11.2. The lowest BCUT2D eigenvalue weighted by molar-refractivity contribution is 0.127. The van der Waals surface area contributed by atoms with E-state index in [-0.39, 0.29) is 36.0 Å². The van der Waals surface area contributed by atoms with Gasteiger partial charge in [-0.3, -0.25) is 4.99 Å².